The molecule has 0 saturated carbocycles. The number of rotatable bonds is 5. The number of carbonyl (C=O) groups excluding carboxylic acids is 2. The van der Waals surface area contributed by atoms with Crippen LogP contribution < -0.4 is 9.47 Å². The van der Waals surface area contributed by atoms with Gasteiger partial charge in [-0.15, -0.1) is 0 Å². The van der Waals surface area contributed by atoms with Crippen molar-refractivity contribution in [2.24, 2.45) is 4.99 Å². The second kappa shape index (κ2) is 8.45. The van der Waals surface area contributed by atoms with E-state index in [2.05, 4.69) is 4.99 Å². The zero-order chi connectivity index (χ0) is 20.9. The second-order valence-corrected chi connectivity index (χ2v) is 6.44. The molecule has 0 saturated heterocycles. The summed E-state index contributed by atoms with van der Waals surface area (Å²) in [5, 5.41) is 0. The summed E-state index contributed by atoms with van der Waals surface area (Å²) in [4.78, 5) is 27.6. The molecule has 3 aromatic rings. The summed E-state index contributed by atoms with van der Waals surface area (Å²) in [6, 6.07) is 23.3. The van der Waals surface area contributed by atoms with Gasteiger partial charge in [0.2, 0.25) is 5.90 Å². The predicted octanol–water partition coefficient (Wildman–Crippen LogP) is 4.75. The van der Waals surface area contributed by atoms with E-state index in [0.29, 0.717) is 22.6 Å². The van der Waals surface area contributed by atoms with Gasteiger partial charge in [0.05, 0.1) is 0 Å². The highest BCUT2D eigenvalue weighted by Crippen LogP contribution is 2.24. The highest BCUT2D eigenvalue weighted by molar-refractivity contribution is 6.12. The lowest BCUT2D eigenvalue weighted by Gasteiger charge is -2.06. The van der Waals surface area contributed by atoms with Crippen molar-refractivity contribution in [3.8, 4) is 17.2 Å². The van der Waals surface area contributed by atoms with Crippen molar-refractivity contribution < 1.29 is 23.8 Å². The lowest BCUT2D eigenvalue weighted by molar-refractivity contribution is -0.132. The van der Waals surface area contributed by atoms with Crippen LogP contribution in [0.1, 0.15) is 18.1 Å². The summed E-state index contributed by atoms with van der Waals surface area (Å²) in [7, 11) is 0. The van der Waals surface area contributed by atoms with Crippen LogP contribution in [-0.2, 0) is 14.3 Å². The standard InChI is InChI=1S/C24H17NO5/c1-16(26)28-21-9-5-6-17(14-21)15-22-24(27)30-23(25-22)18-10-12-20(13-11-18)29-19-7-3-2-4-8-19/h2-15H,1H3/b22-15-. The summed E-state index contributed by atoms with van der Waals surface area (Å²) < 4.78 is 16.1. The Bertz CT molecular complexity index is 1150. The third kappa shape index (κ3) is 4.62. The Kier molecular flexibility index (Phi) is 5.39. The number of cyclic esters (lactones) is 1. The van der Waals surface area contributed by atoms with Crippen LogP contribution in [0.15, 0.2) is 89.6 Å². The fraction of sp³-hybridized carbons (Fsp3) is 0.0417. The van der Waals surface area contributed by atoms with Crippen LogP contribution >= 0.6 is 0 Å². The van der Waals surface area contributed by atoms with Gasteiger partial charge in [-0.3, -0.25) is 4.79 Å². The third-order valence-electron chi connectivity index (χ3n) is 4.12. The average molecular weight is 399 g/mol. The summed E-state index contributed by atoms with van der Waals surface area (Å²) in [5.74, 6) is 1.03. The predicted molar refractivity (Wildman–Crippen MR) is 111 cm³/mol. The largest absolute Gasteiger partial charge is 0.457 e. The van der Waals surface area contributed by atoms with E-state index in [1.165, 1.54) is 6.92 Å². The lowest BCUT2D eigenvalue weighted by Crippen LogP contribution is -2.05. The van der Waals surface area contributed by atoms with Gasteiger partial charge in [-0.05, 0) is 60.2 Å². The second-order valence-electron chi connectivity index (χ2n) is 6.44. The van der Waals surface area contributed by atoms with E-state index in [1.54, 1.807) is 54.6 Å². The Balaban J connectivity index is 1.52. The van der Waals surface area contributed by atoms with Crippen molar-refractivity contribution in [3.05, 3.63) is 95.7 Å². The van der Waals surface area contributed by atoms with Gasteiger partial charge in [-0.2, -0.15) is 0 Å². The molecular formula is C24H17NO5. The molecule has 1 heterocycles. The SMILES string of the molecule is CC(=O)Oc1cccc(/C=C2\N=C(c3ccc(Oc4ccccc4)cc3)OC2=O)c1. The monoisotopic (exact) mass is 399 g/mol. The molecule has 0 N–H and O–H groups in total. The molecule has 0 spiro atoms. The minimum Gasteiger partial charge on any atom is -0.457 e. The Morgan fingerprint density at radius 1 is 0.900 bits per heavy atom. The third-order valence-corrected chi connectivity index (χ3v) is 4.12. The van der Waals surface area contributed by atoms with Crippen LogP contribution in [0.3, 0.4) is 0 Å². The van der Waals surface area contributed by atoms with Crippen LogP contribution in [0, 0.1) is 0 Å². The molecule has 0 amide bonds. The number of hydrogen-bond donors (Lipinski definition) is 0. The summed E-state index contributed by atoms with van der Waals surface area (Å²) in [5.41, 5.74) is 1.48. The van der Waals surface area contributed by atoms with E-state index >= 15 is 0 Å². The number of nitrogens with zero attached hydrogens (tertiary/aromatic N) is 1. The minimum absolute atomic E-state index is 0.162. The molecule has 6 heteroatoms. The van der Waals surface area contributed by atoms with Crippen molar-refractivity contribution in [2.45, 2.75) is 6.92 Å². The van der Waals surface area contributed by atoms with Crippen molar-refractivity contribution >= 4 is 23.9 Å². The van der Waals surface area contributed by atoms with E-state index in [-0.39, 0.29) is 11.6 Å². The number of para-hydroxylation sites is 1. The molecule has 4 rings (SSSR count). The van der Waals surface area contributed by atoms with Crippen molar-refractivity contribution in [1.29, 1.82) is 0 Å². The number of hydrogen-bond acceptors (Lipinski definition) is 6. The Morgan fingerprint density at radius 3 is 2.33 bits per heavy atom. The maximum absolute atomic E-state index is 12.2. The molecule has 0 unspecified atom stereocenters. The van der Waals surface area contributed by atoms with Crippen LogP contribution in [0.2, 0.25) is 0 Å². The van der Waals surface area contributed by atoms with Crippen LogP contribution in [0.5, 0.6) is 17.2 Å². The van der Waals surface area contributed by atoms with Crippen molar-refractivity contribution in [1.82, 2.24) is 0 Å². The number of carbonyl (C=O) groups is 2. The number of benzene rings is 3. The van der Waals surface area contributed by atoms with Crippen molar-refractivity contribution in [2.75, 3.05) is 0 Å². The van der Waals surface area contributed by atoms with Gasteiger partial charge in [0, 0.05) is 12.5 Å². The number of aliphatic imine (C=N–C) groups is 1. The molecule has 3 aromatic carbocycles. The Morgan fingerprint density at radius 2 is 1.60 bits per heavy atom. The van der Waals surface area contributed by atoms with Gasteiger partial charge >= 0.3 is 11.9 Å². The Hall–Kier alpha value is -4.19. The molecular weight excluding hydrogens is 382 g/mol. The molecule has 6 nitrogen and oxygen atoms in total. The van der Waals surface area contributed by atoms with E-state index < -0.39 is 11.9 Å². The molecule has 0 bridgehead atoms. The van der Waals surface area contributed by atoms with Gasteiger partial charge in [-0.1, -0.05) is 30.3 Å². The Labute approximate surface area is 173 Å². The maximum Gasteiger partial charge on any atom is 0.363 e. The number of ether oxygens (including phenoxy) is 3. The molecule has 1 aliphatic heterocycles. The normalized spacial score (nSPS) is 14.2. The molecule has 148 valence electrons. The molecule has 1 aliphatic rings. The minimum atomic E-state index is -0.549. The summed E-state index contributed by atoms with van der Waals surface area (Å²) >= 11 is 0. The zero-order valence-corrected chi connectivity index (χ0v) is 16.1. The van der Waals surface area contributed by atoms with Gasteiger partial charge in [0.25, 0.3) is 0 Å². The lowest BCUT2D eigenvalue weighted by atomic mass is 10.2. The van der Waals surface area contributed by atoms with E-state index in [1.807, 2.05) is 30.3 Å². The highest BCUT2D eigenvalue weighted by Gasteiger charge is 2.24. The fourth-order valence-corrected chi connectivity index (χ4v) is 2.81. The molecule has 0 aliphatic carbocycles. The highest BCUT2D eigenvalue weighted by atomic mass is 16.6. The van der Waals surface area contributed by atoms with E-state index in [4.69, 9.17) is 14.2 Å². The summed E-state index contributed by atoms with van der Waals surface area (Å²) in [6.07, 6.45) is 1.58. The first-order valence-electron chi connectivity index (χ1n) is 9.21. The van der Waals surface area contributed by atoms with E-state index in [9.17, 15) is 9.59 Å². The zero-order valence-electron chi connectivity index (χ0n) is 16.1. The topological polar surface area (TPSA) is 74.2 Å². The quantitative estimate of drug-likeness (QED) is 0.352. The maximum atomic E-state index is 12.2. The molecule has 0 radical (unpaired) electrons. The van der Waals surface area contributed by atoms with Crippen LogP contribution in [0.4, 0.5) is 0 Å². The smallest absolute Gasteiger partial charge is 0.363 e. The number of esters is 2. The first-order chi connectivity index (χ1) is 14.6. The van der Waals surface area contributed by atoms with E-state index in [0.717, 1.165) is 5.75 Å². The average Bonchev–Trinajstić information content (AvgIpc) is 3.09. The van der Waals surface area contributed by atoms with Crippen LogP contribution in [0.25, 0.3) is 6.08 Å². The fourth-order valence-electron chi connectivity index (χ4n) is 2.81. The van der Waals surface area contributed by atoms with Crippen molar-refractivity contribution in [3.63, 3.8) is 0 Å². The molecule has 0 atom stereocenters. The first kappa shape index (κ1) is 19.1. The van der Waals surface area contributed by atoms with Gasteiger partial charge in [0.1, 0.15) is 17.2 Å². The molecule has 30 heavy (non-hydrogen) atoms. The molecule has 0 aromatic heterocycles. The van der Waals surface area contributed by atoms with Crippen LogP contribution in [-0.4, -0.2) is 17.8 Å². The van der Waals surface area contributed by atoms with Gasteiger partial charge < -0.3 is 14.2 Å². The summed E-state index contributed by atoms with van der Waals surface area (Å²) in [6.45, 7) is 1.33. The van der Waals surface area contributed by atoms with Gasteiger partial charge in [-0.25, -0.2) is 9.79 Å². The first-order valence-corrected chi connectivity index (χ1v) is 9.21. The van der Waals surface area contributed by atoms with Gasteiger partial charge in [0.15, 0.2) is 5.70 Å². The molecule has 0 fully saturated rings.